The molecule has 1 aliphatic heterocycles. The van der Waals surface area contributed by atoms with Gasteiger partial charge in [-0.1, -0.05) is 19.4 Å². The van der Waals surface area contributed by atoms with Gasteiger partial charge in [-0.05, 0) is 64.3 Å². The molecule has 2 aromatic rings. The molecule has 0 radical (unpaired) electrons. The highest BCUT2D eigenvalue weighted by Crippen LogP contribution is 2.38. The van der Waals surface area contributed by atoms with Crippen LogP contribution >= 0.6 is 28.3 Å². The summed E-state index contributed by atoms with van der Waals surface area (Å²) in [5.74, 6) is 2.94. The smallest absolute Gasteiger partial charge is 0.231 e. The zero-order valence-corrected chi connectivity index (χ0v) is 18.0. The highest BCUT2D eigenvalue weighted by atomic mass is 79.9. The number of halogens is 2. The lowest BCUT2D eigenvalue weighted by Gasteiger charge is -2.15. The van der Waals surface area contributed by atoms with E-state index in [0.29, 0.717) is 18.1 Å². The lowest BCUT2D eigenvalue weighted by Crippen LogP contribution is -2.14. The molecule has 0 amide bonds. The molecule has 0 saturated carbocycles. The molecule has 1 aliphatic rings. The summed E-state index contributed by atoms with van der Waals surface area (Å²) < 4.78 is 23.2. The van der Waals surface area contributed by atoms with Crippen molar-refractivity contribution in [1.82, 2.24) is 5.32 Å². The molecule has 0 unspecified atom stereocenters. The fourth-order valence-electron chi connectivity index (χ4n) is 2.74. The number of benzene rings is 2. The summed E-state index contributed by atoms with van der Waals surface area (Å²) in [5.41, 5.74) is 2.16. The molecule has 2 aromatic carbocycles. The molecule has 5 nitrogen and oxygen atoms in total. The Bertz CT molecular complexity index is 757. The largest absolute Gasteiger partial charge is 0.493 e. The van der Waals surface area contributed by atoms with E-state index in [0.717, 1.165) is 40.2 Å². The lowest BCUT2D eigenvalue weighted by molar-refractivity contribution is 0.174. The number of hydrogen-bond donors (Lipinski definition) is 1. The summed E-state index contributed by atoms with van der Waals surface area (Å²) >= 11 is 3.61. The molecule has 0 saturated heterocycles. The van der Waals surface area contributed by atoms with Crippen LogP contribution in [-0.4, -0.2) is 20.4 Å². The van der Waals surface area contributed by atoms with Crippen molar-refractivity contribution in [3.05, 3.63) is 45.9 Å². The monoisotopic (exact) mass is 457 g/mol. The Balaban J connectivity index is 0.00000261. The van der Waals surface area contributed by atoms with Crippen LogP contribution in [0.1, 0.15) is 30.9 Å². The van der Waals surface area contributed by atoms with E-state index in [4.69, 9.17) is 18.9 Å². The lowest BCUT2D eigenvalue weighted by atomic mass is 10.2. The van der Waals surface area contributed by atoms with Gasteiger partial charge in [-0.3, -0.25) is 0 Å². The minimum Gasteiger partial charge on any atom is -0.493 e. The molecular formula is C20H25BrClNO4. The summed E-state index contributed by atoms with van der Waals surface area (Å²) in [6, 6.07) is 9.89. The number of nitrogens with one attached hydrogen (secondary N) is 1. The molecule has 7 heteroatoms. The normalized spacial score (nSPS) is 11.8. The van der Waals surface area contributed by atoms with Crippen molar-refractivity contribution in [2.75, 3.05) is 20.4 Å². The highest BCUT2D eigenvalue weighted by Gasteiger charge is 2.15. The molecule has 0 aromatic heterocycles. The van der Waals surface area contributed by atoms with Crippen molar-refractivity contribution in [3.8, 4) is 23.0 Å². The summed E-state index contributed by atoms with van der Waals surface area (Å²) in [6.07, 6.45) is 2.36. The molecule has 27 heavy (non-hydrogen) atoms. The van der Waals surface area contributed by atoms with Crippen molar-refractivity contribution >= 4 is 28.3 Å². The fourth-order valence-corrected chi connectivity index (χ4v) is 3.34. The second kappa shape index (κ2) is 10.6. The van der Waals surface area contributed by atoms with Gasteiger partial charge in [0.25, 0.3) is 0 Å². The van der Waals surface area contributed by atoms with Crippen LogP contribution in [0.3, 0.4) is 0 Å². The maximum atomic E-state index is 6.01. The van der Waals surface area contributed by atoms with Crippen LogP contribution in [0.25, 0.3) is 0 Å². The molecule has 0 aliphatic carbocycles. The van der Waals surface area contributed by atoms with E-state index in [1.54, 1.807) is 7.11 Å². The Morgan fingerprint density at radius 1 is 1.11 bits per heavy atom. The SMILES string of the molecule is CCCCNCc1cc(Br)c(OCc2ccc3c(c2)OCO3)c(OC)c1.Cl. The number of unbranched alkanes of at least 4 members (excludes halogenated alkanes) is 1. The van der Waals surface area contributed by atoms with Crippen molar-refractivity contribution in [2.24, 2.45) is 0 Å². The minimum absolute atomic E-state index is 0. The van der Waals surface area contributed by atoms with Crippen molar-refractivity contribution in [1.29, 1.82) is 0 Å². The molecule has 0 bridgehead atoms. The van der Waals surface area contributed by atoms with Gasteiger partial charge < -0.3 is 24.3 Å². The van der Waals surface area contributed by atoms with Crippen LogP contribution in [0.15, 0.2) is 34.8 Å². The van der Waals surface area contributed by atoms with Gasteiger partial charge in [0.2, 0.25) is 6.79 Å². The molecular weight excluding hydrogens is 434 g/mol. The van der Waals surface area contributed by atoms with E-state index in [2.05, 4.69) is 34.2 Å². The first kappa shape index (κ1) is 21.7. The van der Waals surface area contributed by atoms with Gasteiger partial charge >= 0.3 is 0 Å². The predicted molar refractivity (Wildman–Crippen MR) is 111 cm³/mol. The van der Waals surface area contributed by atoms with Gasteiger partial charge in [-0.25, -0.2) is 0 Å². The van der Waals surface area contributed by atoms with E-state index in [-0.39, 0.29) is 19.2 Å². The van der Waals surface area contributed by atoms with Gasteiger partial charge in [-0.15, -0.1) is 12.4 Å². The van der Waals surface area contributed by atoms with Crippen LogP contribution in [0, 0.1) is 0 Å². The van der Waals surface area contributed by atoms with Gasteiger partial charge in [0, 0.05) is 6.54 Å². The maximum absolute atomic E-state index is 6.01. The third kappa shape index (κ3) is 5.67. The van der Waals surface area contributed by atoms with Crippen molar-refractivity contribution in [2.45, 2.75) is 32.9 Å². The topological polar surface area (TPSA) is 49.0 Å². The molecule has 148 valence electrons. The molecule has 0 spiro atoms. The van der Waals surface area contributed by atoms with Crippen molar-refractivity contribution < 1.29 is 18.9 Å². The van der Waals surface area contributed by atoms with Gasteiger partial charge in [0.15, 0.2) is 23.0 Å². The molecule has 1 N–H and O–H groups in total. The summed E-state index contributed by atoms with van der Waals surface area (Å²) in [7, 11) is 1.66. The zero-order chi connectivity index (χ0) is 18.4. The predicted octanol–water partition coefficient (Wildman–Crippen LogP) is 5.08. The van der Waals surface area contributed by atoms with E-state index in [1.165, 1.54) is 12.8 Å². The van der Waals surface area contributed by atoms with Crippen LogP contribution in [0.2, 0.25) is 0 Å². The number of fused-ring (bicyclic) bond motifs is 1. The Labute approximate surface area is 174 Å². The quantitative estimate of drug-likeness (QED) is 0.531. The minimum atomic E-state index is 0. The van der Waals surface area contributed by atoms with Crippen LogP contribution in [0.4, 0.5) is 0 Å². The maximum Gasteiger partial charge on any atom is 0.231 e. The van der Waals surface area contributed by atoms with Crippen LogP contribution in [0.5, 0.6) is 23.0 Å². The Hall–Kier alpha value is -1.63. The third-order valence-corrected chi connectivity index (χ3v) is 4.73. The third-order valence-electron chi connectivity index (χ3n) is 4.15. The van der Waals surface area contributed by atoms with Crippen molar-refractivity contribution in [3.63, 3.8) is 0 Å². The Kier molecular flexibility index (Phi) is 8.54. The summed E-state index contributed by atoms with van der Waals surface area (Å²) in [4.78, 5) is 0. The van der Waals surface area contributed by atoms with E-state index in [9.17, 15) is 0 Å². The first-order valence-electron chi connectivity index (χ1n) is 8.79. The molecule has 3 rings (SSSR count). The summed E-state index contributed by atoms with van der Waals surface area (Å²) in [6.45, 7) is 4.69. The standard InChI is InChI=1S/C20H24BrNO4.ClH/c1-3-4-7-22-11-15-8-16(21)20(19(10-15)23-2)24-12-14-5-6-17-18(9-14)26-13-25-17;/h5-6,8-10,22H,3-4,7,11-13H2,1-2H3;1H. The number of rotatable bonds is 9. The average Bonchev–Trinajstić information content (AvgIpc) is 3.11. The van der Waals surface area contributed by atoms with E-state index < -0.39 is 0 Å². The van der Waals surface area contributed by atoms with Crippen LogP contribution < -0.4 is 24.3 Å². The Morgan fingerprint density at radius 2 is 1.93 bits per heavy atom. The van der Waals surface area contributed by atoms with E-state index in [1.807, 2.05) is 24.3 Å². The molecule has 0 fully saturated rings. The first-order valence-corrected chi connectivity index (χ1v) is 9.59. The van der Waals surface area contributed by atoms with Crippen LogP contribution in [-0.2, 0) is 13.2 Å². The van der Waals surface area contributed by atoms with Gasteiger partial charge in [0.1, 0.15) is 6.61 Å². The fraction of sp³-hybridized carbons (Fsp3) is 0.400. The second-order valence-corrected chi connectivity index (χ2v) is 6.97. The Morgan fingerprint density at radius 3 is 2.70 bits per heavy atom. The first-order chi connectivity index (χ1) is 12.7. The molecule has 0 atom stereocenters. The average molecular weight is 459 g/mol. The number of ether oxygens (including phenoxy) is 4. The number of hydrogen-bond acceptors (Lipinski definition) is 5. The second-order valence-electron chi connectivity index (χ2n) is 6.12. The van der Waals surface area contributed by atoms with Gasteiger partial charge in [-0.2, -0.15) is 0 Å². The summed E-state index contributed by atoms with van der Waals surface area (Å²) in [5, 5.41) is 3.44. The zero-order valence-electron chi connectivity index (χ0n) is 15.5. The number of methoxy groups -OCH3 is 1. The van der Waals surface area contributed by atoms with E-state index >= 15 is 0 Å². The molecule has 1 heterocycles. The highest BCUT2D eigenvalue weighted by molar-refractivity contribution is 9.10. The van der Waals surface area contributed by atoms with Gasteiger partial charge in [0.05, 0.1) is 11.6 Å².